The molecule has 0 bridgehead atoms. The first-order valence-corrected chi connectivity index (χ1v) is 12.4. The Morgan fingerprint density at radius 3 is 2.61 bits per heavy atom. The van der Waals surface area contributed by atoms with E-state index in [9.17, 15) is 27.9 Å². The summed E-state index contributed by atoms with van der Waals surface area (Å²) < 4.78 is 52.0. The molecule has 1 aromatic carbocycles. The maximum absolute atomic E-state index is 13.8. The lowest BCUT2D eigenvalue weighted by atomic mass is 9.98. The molecule has 2 aliphatic rings. The number of amides is 2. The van der Waals surface area contributed by atoms with Crippen molar-refractivity contribution in [2.45, 2.75) is 77.1 Å². The first-order chi connectivity index (χ1) is 17.8. The van der Waals surface area contributed by atoms with E-state index in [-0.39, 0.29) is 28.8 Å². The highest BCUT2D eigenvalue weighted by atomic mass is 19.4. The van der Waals surface area contributed by atoms with Crippen LogP contribution in [0.15, 0.2) is 27.7 Å². The molecule has 1 atom stereocenters. The highest BCUT2D eigenvalue weighted by Gasteiger charge is 2.37. The van der Waals surface area contributed by atoms with Gasteiger partial charge in [0, 0.05) is 12.1 Å². The van der Waals surface area contributed by atoms with Gasteiger partial charge >= 0.3 is 18.4 Å². The summed E-state index contributed by atoms with van der Waals surface area (Å²) in [4.78, 5) is 32.9. The number of halogens is 3. The first kappa shape index (κ1) is 27.4. The minimum absolute atomic E-state index is 0.0251. The fourth-order valence-corrected chi connectivity index (χ4v) is 4.38. The van der Waals surface area contributed by atoms with Gasteiger partial charge in [0.1, 0.15) is 11.6 Å². The number of likely N-dealkylation sites (tertiary alicyclic amines) is 1. The van der Waals surface area contributed by atoms with Gasteiger partial charge in [0.15, 0.2) is 0 Å². The van der Waals surface area contributed by atoms with Crippen LogP contribution in [0.1, 0.15) is 75.9 Å². The maximum Gasteiger partial charge on any atom is 0.434 e. The molecule has 1 saturated carbocycles. The predicted molar refractivity (Wildman–Crippen MR) is 129 cm³/mol. The summed E-state index contributed by atoms with van der Waals surface area (Å²) in [5, 5.41) is 15.5. The quantitative estimate of drug-likeness (QED) is 0.362. The van der Waals surface area contributed by atoms with Crippen LogP contribution < -0.4 is 5.32 Å². The number of nitrogens with one attached hydrogen (secondary N) is 1. The number of guanidine groups is 1. The van der Waals surface area contributed by atoms with Gasteiger partial charge in [0.05, 0.1) is 5.56 Å². The average Bonchev–Trinajstić information content (AvgIpc) is 3.27. The van der Waals surface area contributed by atoms with Crippen LogP contribution in [0.5, 0.6) is 0 Å². The summed E-state index contributed by atoms with van der Waals surface area (Å²) in [5.74, 6) is 0.272. The summed E-state index contributed by atoms with van der Waals surface area (Å²) in [6.45, 7) is 5.29. The van der Waals surface area contributed by atoms with E-state index in [0.717, 1.165) is 25.3 Å². The largest absolute Gasteiger partial charge is 0.463 e. The number of benzene rings is 1. The fourth-order valence-electron chi connectivity index (χ4n) is 4.38. The Morgan fingerprint density at radius 2 is 1.97 bits per heavy atom. The number of rotatable bonds is 5. The Kier molecular flexibility index (Phi) is 7.65. The zero-order valence-corrected chi connectivity index (χ0v) is 21.3. The predicted octanol–water partition coefficient (Wildman–Crippen LogP) is 5.79. The van der Waals surface area contributed by atoms with E-state index >= 15 is 0 Å². The van der Waals surface area contributed by atoms with Gasteiger partial charge in [-0.15, -0.1) is 4.99 Å². The Labute approximate surface area is 217 Å². The van der Waals surface area contributed by atoms with Crippen LogP contribution in [0.2, 0.25) is 0 Å². The summed E-state index contributed by atoms with van der Waals surface area (Å²) in [5.41, 5.74) is -1.16. The molecule has 1 aliphatic carbocycles. The normalized spacial score (nSPS) is 18.5. The summed E-state index contributed by atoms with van der Waals surface area (Å²) in [6.07, 6.45) is -2.70. The van der Waals surface area contributed by atoms with E-state index in [1.165, 1.54) is 11.0 Å². The number of carbonyl (C=O) groups is 2. The van der Waals surface area contributed by atoms with Gasteiger partial charge in [0.25, 0.3) is 0 Å². The van der Waals surface area contributed by atoms with Gasteiger partial charge in [-0.05, 0) is 64.0 Å². The number of aromatic nitrogens is 2. The Hall–Kier alpha value is -3.64. The van der Waals surface area contributed by atoms with Gasteiger partial charge in [0.2, 0.25) is 17.7 Å². The van der Waals surface area contributed by atoms with Crippen molar-refractivity contribution in [1.82, 2.24) is 20.4 Å². The van der Waals surface area contributed by atoms with Crippen molar-refractivity contribution < 1.29 is 37.1 Å². The molecule has 4 rings (SSSR count). The third-order valence-electron chi connectivity index (χ3n) is 6.26. The van der Waals surface area contributed by atoms with Crippen LogP contribution >= 0.6 is 0 Å². The maximum atomic E-state index is 13.8. The summed E-state index contributed by atoms with van der Waals surface area (Å²) in [7, 11) is 0. The van der Waals surface area contributed by atoms with Crippen LogP contribution in [0, 0.1) is 5.92 Å². The van der Waals surface area contributed by atoms with Gasteiger partial charge < -0.3 is 19.3 Å². The highest BCUT2D eigenvalue weighted by Crippen LogP contribution is 2.39. The minimum Gasteiger partial charge on any atom is -0.463 e. The Morgan fingerprint density at radius 1 is 1.24 bits per heavy atom. The number of hydrogen-bond donors (Lipinski definition) is 2. The van der Waals surface area contributed by atoms with Crippen molar-refractivity contribution in [3.63, 3.8) is 0 Å². The number of nitrogens with zero attached hydrogens (tertiary/aromatic N) is 4. The molecule has 2 amide bonds. The van der Waals surface area contributed by atoms with Crippen LogP contribution in [0.3, 0.4) is 0 Å². The number of alkyl carbamates (subject to hydrolysis) is 1. The van der Waals surface area contributed by atoms with E-state index in [1.54, 1.807) is 26.8 Å². The Bertz CT molecular complexity index is 1220. The molecule has 10 nitrogen and oxygen atoms in total. The number of carboxylic acid groups (broad SMARTS) is 1. The smallest absolute Gasteiger partial charge is 0.434 e. The number of carbonyl (C=O) groups excluding carboxylic acids is 1. The molecule has 1 aromatic heterocycles. The van der Waals surface area contributed by atoms with Crippen LogP contribution in [-0.4, -0.2) is 50.4 Å². The monoisotopic (exact) mass is 537 g/mol. The van der Waals surface area contributed by atoms with E-state index in [1.807, 2.05) is 0 Å². The molecule has 0 unspecified atom stereocenters. The zero-order chi connectivity index (χ0) is 27.7. The van der Waals surface area contributed by atoms with Crippen LogP contribution in [-0.2, 0) is 17.3 Å². The van der Waals surface area contributed by atoms with Gasteiger partial charge in [-0.3, -0.25) is 5.32 Å². The van der Waals surface area contributed by atoms with Crippen molar-refractivity contribution in [3.8, 4) is 11.4 Å². The van der Waals surface area contributed by atoms with Crippen molar-refractivity contribution >= 4 is 18.1 Å². The van der Waals surface area contributed by atoms with Crippen molar-refractivity contribution in [1.29, 1.82) is 0 Å². The molecule has 1 saturated heterocycles. The second-order valence-electron chi connectivity index (χ2n) is 10.5. The zero-order valence-electron chi connectivity index (χ0n) is 21.3. The summed E-state index contributed by atoms with van der Waals surface area (Å²) in [6, 6.07) is 3.38. The van der Waals surface area contributed by atoms with Gasteiger partial charge in [-0.2, -0.15) is 18.2 Å². The molecule has 2 N–H and O–H groups in total. The van der Waals surface area contributed by atoms with Crippen molar-refractivity contribution in [2.75, 3.05) is 6.54 Å². The topological polar surface area (TPSA) is 130 Å². The number of alkyl halides is 3. The molecular formula is C25H30F3N5O5. The lowest BCUT2D eigenvalue weighted by molar-refractivity contribution is -0.138. The first-order valence-electron chi connectivity index (χ1n) is 12.4. The number of ether oxygens (including phenoxy) is 1. The SMILES string of the molecule is CC(C)(C)OC(=O)N/C(=N\C(=O)O)N1CCC[C@H]1c1nc(-c2ccc(CCC3CC3)c(C(F)(F)F)c2)no1. The molecule has 2 fully saturated rings. The molecule has 38 heavy (non-hydrogen) atoms. The summed E-state index contributed by atoms with van der Waals surface area (Å²) >= 11 is 0. The molecule has 13 heteroatoms. The number of aryl methyl sites for hydroxylation is 1. The molecule has 0 radical (unpaired) electrons. The third kappa shape index (κ3) is 7.01. The van der Waals surface area contributed by atoms with Crippen LogP contribution in [0.25, 0.3) is 11.4 Å². The minimum atomic E-state index is -4.53. The number of aliphatic imine (C=N–C) groups is 1. The fraction of sp³-hybridized carbons (Fsp3) is 0.560. The van der Waals surface area contributed by atoms with E-state index in [4.69, 9.17) is 9.26 Å². The molecule has 1 aliphatic heterocycles. The van der Waals surface area contributed by atoms with Gasteiger partial charge in [-0.1, -0.05) is 30.1 Å². The highest BCUT2D eigenvalue weighted by molar-refractivity contribution is 5.98. The Balaban J connectivity index is 1.57. The molecular weight excluding hydrogens is 507 g/mol. The molecule has 0 spiro atoms. The lowest BCUT2D eigenvalue weighted by Gasteiger charge is -2.26. The van der Waals surface area contributed by atoms with E-state index in [0.29, 0.717) is 31.7 Å². The third-order valence-corrected chi connectivity index (χ3v) is 6.26. The van der Waals surface area contributed by atoms with Crippen molar-refractivity contribution in [2.24, 2.45) is 10.9 Å². The van der Waals surface area contributed by atoms with E-state index in [2.05, 4.69) is 20.4 Å². The average molecular weight is 538 g/mol. The van der Waals surface area contributed by atoms with E-state index < -0.39 is 35.6 Å². The lowest BCUT2D eigenvalue weighted by Crippen LogP contribution is -2.46. The van der Waals surface area contributed by atoms with Gasteiger partial charge in [-0.25, -0.2) is 9.59 Å². The molecule has 2 heterocycles. The second-order valence-corrected chi connectivity index (χ2v) is 10.5. The number of hydrogen-bond acceptors (Lipinski definition) is 6. The molecule has 2 aromatic rings. The standard InChI is InChI=1S/C25H30F3N5O5/c1-24(2,3)37-23(36)31-21(30-22(34)35)33-12-4-5-18(33)20-29-19(32-38-20)16-11-10-15(9-8-14-6-7-14)17(13-16)25(26,27)28/h10-11,13-14,18H,4-9,12H2,1-3H3,(H,34,35)(H,30,31,36)/t18-/m0/s1. The van der Waals surface area contributed by atoms with Crippen LogP contribution in [0.4, 0.5) is 22.8 Å². The molecule has 206 valence electrons. The van der Waals surface area contributed by atoms with Crippen molar-refractivity contribution in [3.05, 3.63) is 35.2 Å². The second kappa shape index (κ2) is 10.6.